The number of nitrogens with zero attached hydrogens (tertiary/aromatic N) is 1. The normalized spacial score (nSPS) is 11.7. The van der Waals surface area contributed by atoms with Crippen molar-refractivity contribution < 1.29 is 19.7 Å². The van der Waals surface area contributed by atoms with Gasteiger partial charge in [-0.05, 0) is 83.6 Å². The summed E-state index contributed by atoms with van der Waals surface area (Å²) in [6.07, 6.45) is 0.0958. The molecule has 0 bridgehead atoms. The molecule has 6 nitrogen and oxygen atoms in total. The van der Waals surface area contributed by atoms with E-state index in [1.165, 1.54) is 11.1 Å². The summed E-state index contributed by atoms with van der Waals surface area (Å²) < 4.78 is 11.9. The van der Waals surface area contributed by atoms with Gasteiger partial charge < -0.3 is 25.0 Å². The molecule has 1 atom stereocenters. The predicted molar refractivity (Wildman–Crippen MR) is 206 cm³/mol. The highest BCUT2D eigenvalue weighted by atomic mass is 16.5. The molecule has 6 rings (SSSR count). The molecule has 51 heavy (non-hydrogen) atoms. The van der Waals surface area contributed by atoms with Gasteiger partial charge in [0, 0.05) is 42.1 Å². The molecular formula is C45H46N2O4. The number of nitrogens with one attached hydrogen (secondary N) is 1. The highest BCUT2D eigenvalue weighted by molar-refractivity contribution is 5.76. The summed E-state index contributed by atoms with van der Waals surface area (Å²) in [5, 5.41) is 25.1. The van der Waals surface area contributed by atoms with E-state index in [1.54, 1.807) is 0 Å². The van der Waals surface area contributed by atoms with Gasteiger partial charge in [0.2, 0.25) is 0 Å². The van der Waals surface area contributed by atoms with Crippen molar-refractivity contribution in [2.45, 2.75) is 39.2 Å². The first kappa shape index (κ1) is 35.4. The lowest BCUT2D eigenvalue weighted by atomic mass is 10.0. The van der Waals surface area contributed by atoms with Gasteiger partial charge in [0.1, 0.15) is 18.1 Å². The zero-order valence-electron chi connectivity index (χ0n) is 29.1. The third-order valence-corrected chi connectivity index (χ3v) is 8.88. The lowest BCUT2D eigenvalue weighted by Gasteiger charge is -2.26. The lowest BCUT2D eigenvalue weighted by molar-refractivity contribution is 0.109. The van der Waals surface area contributed by atoms with E-state index in [0.29, 0.717) is 37.6 Å². The van der Waals surface area contributed by atoms with Crippen molar-refractivity contribution in [1.29, 1.82) is 0 Å². The van der Waals surface area contributed by atoms with Gasteiger partial charge in [0.25, 0.3) is 0 Å². The number of hydrogen-bond donors (Lipinski definition) is 3. The molecule has 260 valence electrons. The SMILES string of the molecule is CCOc1ccc(Nc2ccc(CCN(Cc3ccccc3)C[C@H](O)c3ccc(OCc4ccccc4)c(CO)c3)cc2)cc1-c1ccccc1. The Hall–Kier alpha value is -5.40. The van der Waals surface area contributed by atoms with E-state index in [0.717, 1.165) is 52.3 Å². The summed E-state index contributed by atoms with van der Waals surface area (Å²) in [4.78, 5) is 2.29. The molecule has 0 unspecified atom stereocenters. The van der Waals surface area contributed by atoms with Crippen molar-refractivity contribution >= 4 is 11.4 Å². The minimum absolute atomic E-state index is 0.171. The smallest absolute Gasteiger partial charge is 0.127 e. The Balaban J connectivity index is 1.10. The van der Waals surface area contributed by atoms with Crippen LogP contribution in [0.15, 0.2) is 152 Å². The van der Waals surface area contributed by atoms with Crippen LogP contribution in [0.5, 0.6) is 11.5 Å². The van der Waals surface area contributed by atoms with Gasteiger partial charge in [-0.25, -0.2) is 0 Å². The fourth-order valence-electron chi connectivity index (χ4n) is 6.17. The van der Waals surface area contributed by atoms with Gasteiger partial charge in [-0.1, -0.05) is 109 Å². The molecule has 0 aliphatic carbocycles. The van der Waals surface area contributed by atoms with E-state index in [-0.39, 0.29) is 6.61 Å². The number of aliphatic hydroxyl groups excluding tert-OH is 2. The average Bonchev–Trinajstić information content (AvgIpc) is 3.18. The second-order valence-corrected chi connectivity index (χ2v) is 12.6. The Kier molecular flexibility index (Phi) is 12.5. The Labute approximate surface area is 301 Å². The summed E-state index contributed by atoms with van der Waals surface area (Å²) in [6, 6.07) is 50.9. The van der Waals surface area contributed by atoms with Crippen molar-refractivity contribution in [3.05, 3.63) is 179 Å². The van der Waals surface area contributed by atoms with E-state index >= 15 is 0 Å². The minimum atomic E-state index is -0.733. The topological polar surface area (TPSA) is 74.2 Å². The first-order valence-electron chi connectivity index (χ1n) is 17.6. The van der Waals surface area contributed by atoms with Crippen LogP contribution < -0.4 is 14.8 Å². The molecule has 6 aromatic carbocycles. The van der Waals surface area contributed by atoms with Crippen molar-refractivity contribution in [3.8, 4) is 22.6 Å². The van der Waals surface area contributed by atoms with Gasteiger partial charge in [-0.2, -0.15) is 0 Å². The van der Waals surface area contributed by atoms with E-state index in [1.807, 2.05) is 104 Å². The van der Waals surface area contributed by atoms with Crippen LogP contribution in [0, 0.1) is 0 Å². The average molecular weight is 679 g/mol. The molecule has 0 saturated carbocycles. The summed E-state index contributed by atoms with van der Waals surface area (Å²) in [5.74, 6) is 1.49. The first-order valence-corrected chi connectivity index (χ1v) is 17.6. The third-order valence-electron chi connectivity index (χ3n) is 8.88. The molecule has 0 aliphatic rings. The zero-order chi connectivity index (χ0) is 35.3. The van der Waals surface area contributed by atoms with Crippen LogP contribution in [-0.4, -0.2) is 34.8 Å². The summed E-state index contributed by atoms with van der Waals surface area (Å²) in [5.41, 5.74) is 9.04. The van der Waals surface area contributed by atoms with Crippen molar-refractivity contribution in [1.82, 2.24) is 4.90 Å². The number of benzene rings is 6. The molecule has 3 N–H and O–H groups in total. The standard InChI is InChI=1S/C45H46N2O4/c1-2-50-45-25-23-41(29-42(45)37-16-10-5-11-17-37)46-40-21-18-34(19-22-40)26-27-47(30-35-12-6-3-7-13-35)31-43(49)38-20-24-44(39(28-38)32-48)51-33-36-14-8-4-9-15-36/h3-25,28-29,43,46,48-49H,2,26-27,30-33H2,1H3/t43-/m0/s1. The van der Waals surface area contributed by atoms with E-state index in [2.05, 4.69) is 64.8 Å². The van der Waals surface area contributed by atoms with Crippen molar-refractivity contribution in [3.63, 3.8) is 0 Å². The second-order valence-electron chi connectivity index (χ2n) is 12.6. The minimum Gasteiger partial charge on any atom is -0.493 e. The Morgan fingerprint density at radius 2 is 1.29 bits per heavy atom. The molecule has 0 heterocycles. The van der Waals surface area contributed by atoms with Crippen molar-refractivity contribution in [2.24, 2.45) is 0 Å². The third kappa shape index (κ3) is 10.1. The van der Waals surface area contributed by atoms with Crippen molar-refractivity contribution in [2.75, 3.05) is 25.0 Å². The van der Waals surface area contributed by atoms with E-state index < -0.39 is 6.10 Å². The molecule has 6 aromatic rings. The molecule has 0 amide bonds. The molecule has 0 aliphatic heterocycles. The monoisotopic (exact) mass is 678 g/mol. The van der Waals surface area contributed by atoms with Crippen LogP contribution >= 0.6 is 0 Å². The fourth-order valence-corrected chi connectivity index (χ4v) is 6.17. The molecule has 0 aromatic heterocycles. The number of anilines is 2. The van der Waals surface area contributed by atoms with E-state index in [9.17, 15) is 10.2 Å². The summed E-state index contributed by atoms with van der Waals surface area (Å²) in [7, 11) is 0. The van der Waals surface area contributed by atoms with Gasteiger partial charge in [-0.3, -0.25) is 4.90 Å². The molecular weight excluding hydrogens is 633 g/mol. The Morgan fingerprint density at radius 3 is 1.98 bits per heavy atom. The van der Waals surface area contributed by atoms with Gasteiger partial charge in [0.15, 0.2) is 0 Å². The zero-order valence-corrected chi connectivity index (χ0v) is 29.1. The van der Waals surface area contributed by atoms with Crippen LogP contribution in [-0.2, 0) is 26.2 Å². The van der Waals surface area contributed by atoms with Crippen LogP contribution in [0.2, 0.25) is 0 Å². The maximum absolute atomic E-state index is 11.4. The number of hydrogen-bond acceptors (Lipinski definition) is 6. The van der Waals surface area contributed by atoms with Gasteiger partial charge >= 0.3 is 0 Å². The molecule has 0 radical (unpaired) electrons. The van der Waals surface area contributed by atoms with Gasteiger partial charge in [-0.15, -0.1) is 0 Å². The summed E-state index contributed by atoms with van der Waals surface area (Å²) >= 11 is 0. The number of rotatable bonds is 17. The highest BCUT2D eigenvalue weighted by Gasteiger charge is 2.17. The first-order chi connectivity index (χ1) is 25.1. The Morgan fingerprint density at radius 1 is 0.647 bits per heavy atom. The molecule has 0 fully saturated rings. The van der Waals surface area contributed by atoms with E-state index in [4.69, 9.17) is 9.47 Å². The van der Waals surface area contributed by atoms with Crippen LogP contribution in [0.1, 0.15) is 40.8 Å². The predicted octanol–water partition coefficient (Wildman–Crippen LogP) is 9.35. The quantitative estimate of drug-likeness (QED) is 0.0893. The van der Waals surface area contributed by atoms with Crippen LogP contribution in [0.4, 0.5) is 11.4 Å². The second kappa shape index (κ2) is 18.0. The molecule has 6 heteroatoms. The molecule has 0 saturated heterocycles. The lowest BCUT2D eigenvalue weighted by Crippen LogP contribution is -2.30. The van der Waals surface area contributed by atoms with Crippen LogP contribution in [0.25, 0.3) is 11.1 Å². The molecule has 0 spiro atoms. The van der Waals surface area contributed by atoms with Gasteiger partial charge in [0.05, 0.1) is 19.3 Å². The summed E-state index contributed by atoms with van der Waals surface area (Å²) in [6.45, 7) is 4.78. The fraction of sp³-hybridized carbons (Fsp3) is 0.200. The number of ether oxygens (including phenoxy) is 2. The Bertz CT molecular complexity index is 1930. The number of aliphatic hydroxyl groups is 2. The van der Waals surface area contributed by atoms with Crippen LogP contribution in [0.3, 0.4) is 0 Å². The largest absolute Gasteiger partial charge is 0.493 e. The maximum Gasteiger partial charge on any atom is 0.127 e. The highest BCUT2D eigenvalue weighted by Crippen LogP contribution is 2.34. The maximum atomic E-state index is 11.4.